The molecule has 0 radical (unpaired) electrons. The molecule has 1 heterocycles. The van der Waals surface area contributed by atoms with Gasteiger partial charge in [-0.1, -0.05) is 0 Å². The number of aromatic amines is 1. The van der Waals surface area contributed by atoms with Crippen LogP contribution in [0, 0.1) is 0 Å². The molecule has 0 aliphatic carbocycles. The number of nitrogens with one attached hydrogen (secondary N) is 1. The number of nitrogens with zero attached hydrogens (tertiary/aromatic N) is 1. The van der Waals surface area contributed by atoms with E-state index in [1.165, 1.54) is 18.5 Å². The Morgan fingerprint density at radius 3 is 2.44 bits per heavy atom. The molecular formula is C12H16N2O4. The van der Waals surface area contributed by atoms with Gasteiger partial charge in [-0.3, -0.25) is 14.4 Å². The van der Waals surface area contributed by atoms with E-state index >= 15 is 0 Å². The zero-order valence-electron chi connectivity index (χ0n) is 10.6. The number of aromatic nitrogens is 1. The summed E-state index contributed by atoms with van der Waals surface area (Å²) in [5.41, 5.74) is -1.18. The third-order valence-electron chi connectivity index (χ3n) is 2.40. The second kappa shape index (κ2) is 5.03. The van der Waals surface area contributed by atoms with Crippen molar-refractivity contribution in [3.63, 3.8) is 0 Å². The third kappa shape index (κ3) is 3.19. The van der Waals surface area contributed by atoms with E-state index in [0.717, 1.165) is 4.90 Å². The number of hydrogen-bond donors (Lipinski definition) is 2. The maximum Gasteiger partial charge on any atom is 0.323 e. The van der Waals surface area contributed by atoms with E-state index in [1.807, 2.05) is 0 Å². The molecule has 6 nitrogen and oxygen atoms in total. The first-order valence-corrected chi connectivity index (χ1v) is 5.44. The minimum atomic E-state index is -1.12. The summed E-state index contributed by atoms with van der Waals surface area (Å²) in [5, 5.41) is 8.83. The number of carbonyl (C=O) groups is 2. The van der Waals surface area contributed by atoms with Crippen LogP contribution in [-0.4, -0.2) is 39.0 Å². The van der Waals surface area contributed by atoms with Crippen LogP contribution in [0.3, 0.4) is 0 Å². The Labute approximate surface area is 104 Å². The molecule has 18 heavy (non-hydrogen) atoms. The van der Waals surface area contributed by atoms with Crippen molar-refractivity contribution in [2.45, 2.75) is 26.3 Å². The highest BCUT2D eigenvalue weighted by Gasteiger charge is 2.30. The molecule has 6 heteroatoms. The molecule has 0 aliphatic rings. The minimum absolute atomic E-state index is 0.0614. The summed E-state index contributed by atoms with van der Waals surface area (Å²) in [6, 6.07) is 1.23. The summed E-state index contributed by atoms with van der Waals surface area (Å²) >= 11 is 0. The monoisotopic (exact) mass is 252 g/mol. The molecule has 0 saturated carbocycles. The van der Waals surface area contributed by atoms with Crippen LogP contribution in [-0.2, 0) is 4.79 Å². The smallest absolute Gasteiger partial charge is 0.323 e. The van der Waals surface area contributed by atoms with E-state index in [-0.39, 0.29) is 5.56 Å². The second-order valence-corrected chi connectivity index (χ2v) is 4.88. The van der Waals surface area contributed by atoms with Gasteiger partial charge < -0.3 is 15.0 Å². The molecule has 0 aromatic carbocycles. The molecule has 2 N–H and O–H groups in total. The van der Waals surface area contributed by atoms with Crippen LogP contribution in [0.4, 0.5) is 0 Å². The van der Waals surface area contributed by atoms with Gasteiger partial charge in [-0.15, -0.1) is 0 Å². The first kappa shape index (κ1) is 14.0. The number of pyridine rings is 1. The number of H-pyrrole nitrogens is 1. The van der Waals surface area contributed by atoms with E-state index in [0.29, 0.717) is 0 Å². The fourth-order valence-corrected chi connectivity index (χ4v) is 1.48. The van der Waals surface area contributed by atoms with Gasteiger partial charge in [-0.05, 0) is 20.8 Å². The minimum Gasteiger partial charge on any atom is -0.480 e. The summed E-state index contributed by atoms with van der Waals surface area (Å²) in [5.74, 6) is -1.71. The molecule has 0 atom stereocenters. The summed E-state index contributed by atoms with van der Waals surface area (Å²) in [4.78, 5) is 38.4. The largest absolute Gasteiger partial charge is 0.480 e. The number of amides is 1. The summed E-state index contributed by atoms with van der Waals surface area (Å²) in [6.45, 7) is 4.69. The van der Waals surface area contributed by atoms with Crippen molar-refractivity contribution in [3.8, 4) is 0 Å². The van der Waals surface area contributed by atoms with Gasteiger partial charge in [0.05, 0.1) is 0 Å². The number of hydrogen-bond acceptors (Lipinski definition) is 3. The highest BCUT2D eigenvalue weighted by atomic mass is 16.4. The number of carboxylic acid groups (broad SMARTS) is 1. The van der Waals surface area contributed by atoms with Gasteiger partial charge >= 0.3 is 5.97 Å². The highest BCUT2D eigenvalue weighted by Crippen LogP contribution is 2.15. The van der Waals surface area contributed by atoms with Gasteiger partial charge in [0.1, 0.15) is 12.1 Å². The van der Waals surface area contributed by atoms with Crippen molar-refractivity contribution in [3.05, 3.63) is 34.2 Å². The van der Waals surface area contributed by atoms with Crippen molar-refractivity contribution in [2.24, 2.45) is 0 Å². The first-order valence-electron chi connectivity index (χ1n) is 5.44. The lowest BCUT2D eigenvalue weighted by molar-refractivity contribution is -0.138. The van der Waals surface area contributed by atoms with Gasteiger partial charge in [0, 0.05) is 24.0 Å². The normalized spacial score (nSPS) is 11.1. The number of aliphatic carboxylic acids is 1. The summed E-state index contributed by atoms with van der Waals surface area (Å²) in [6.07, 6.45) is 2.70. The number of carboxylic acids is 1. The quantitative estimate of drug-likeness (QED) is 0.828. The fraction of sp³-hybridized carbons (Fsp3) is 0.417. The van der Waals surface area contributed by atoms with Crippen molar-refractivity contribution in [1.82, 2.24) is 9.88 Å². The maximum atomic E-state index is 12.2. The Morgan fingerprint density at radius 2 is 2.00 bits per heavy atom. The fourth-order valence-electron chi connectivity index (χ4n) is 1.48. The van der Waals surface area contributed by atoms with Gasteiger partial charge in [0.15, 0.2) is 5.43 Å². The molecular weight excluding hydrogens is 236 g/mol. The lowest BCUT2D eigenvalue weighted by Crippen LogP contribution is -2.49. The maximum absolute atomic E-state index is 12.2. The van der Waals surface area contributed by atoms with Crippen molar-refractivity contribution >= 4 is 11.9 Å². The zero-order valence-corrected chi connectivity index (χ0v) is 10.6. The number of carbonyl (C=O) groups excluding carboxylic acids is 1. The molecule has 0 spiro atoms. The third-order valence-corrected chi connectivity index (χ3v) is 2.40. The van der Waals surface area contributed by atoms with Crippen LogP contribution < -0.4 is 5.43 Å². The van der Waals surface area contributed by atoms with E-state index in [4.69, 9.17) is 5.11 Å². The van der Waals surface area contributed by atoms with Crippen molar-refractivity contribution < 1.29 is 14.7 Å². The van der Waals surface area contributed by atoms with Crippen molar-refractivity contribution in [2.75, 3.05) is 6.54 Å². The molecule has 0 saturated heterocycles. The van der Waals surface area contributed by atoms with Gasteiger partial charge in [-0.2, -0.15) is 0 Å². The Morgan fingerprint density at radius 1 is 1.39 bits per heavy atom. The molecule has 1 rings (SSSR count). The van der Waals surface area contributed by atoms with Crippen LogP contribution >= 0.6 is 0 Å². The lowest BCUT2D eigenvalue weighted by Gasteiger charge is -2.34. The highest BCUT2D eigenvalue weighted by molar-refractivity contribution is 5.95. The summed E-state index contributed by atoms with van der Waals surface area (Å²) < 4.78 is 0. The van der Waals surface area contributed by atoms with Gasteiger partial charge in [0.25, 0.3) is 5.91 Å². The molecule has 1 aromatic rings. The second-order valence-electron chi connectivity index (χ2n) is 4.88. The SMILES string of the molecule is CC(C)(C)N(CC(=O)O)C(=O)c1c[nH]ccc1=O. The molecule has 1 amide bonds. The van der Waals surface area contributed by atoms with Crippen LogP contribution in [0.15, 0.2) is 23.3 Å². The topological polar surface area (TPSA) is 90.5 Å². The molecule has 0 fully saturated rings. The van der Waals surface area contributed by atoms with Crippen LogP contribution in [0.25, 0.3) is 0 Å². The van der Waals surface area contributed by atoms with Crippen molar-refractivity contribution in [1.29, 1.82) is 0 Å². The first-order chi connectivity index (χ1) is 8.23. The standard InChI is InChI=1S/C12H16N2O4/c1-12(2,3)14(7-10(16)17)11(18)8-6-13-5-4-9(8)15/h4-6H,7H2,1-3H3,(H,13,15)(H,16,17). The van der Waals surface area contributed by atoms with Gasteiger partial charge in [-0.25, -0.2) is 0 Å². The Kier molecular flexibility index (Phi) is 3.90. The van der Waals surface area contributed by atoms with Crippen LogP contribution in [0.1, 0.15) is 31.1 Å². The molecule has 1 aromatic heterocycles. The predicted octanol–water partition coefficient (Wildman–Crippen LogP) is 0.700. The molecule has 98 valence electrons. The van der Waals surface area contributed by atoms with Gasteiger partial charge in [0.2, 0.25) is 0 Å². The number of rotatable bonds is 3. The van der Waals surface area contributed by atoms with Crippen LogP contribution in [0.2, 0.25) is 0 Å². The summed E-state index contributed by atoms with van der Waals surface area (Å²) in [7, 11) is 0. The Balaban J connectivity index is 3.15. The van der Waals surface area contributed by atoms with E-state index in [9.17, 15) is 14.4 Å². The van der Waals surface area contributed by atoms with E-state index in [1.54, 1.807) is 20.8 Å². The Bertz CT molecular complexity index is 513. The van der Waals surface area contributed by atoms with E-state index < -0.39 is 29.4 Å². The lowest BCUT2D eigenvalue weighted by atomic mass is 10.0. The molecule has 0 bridgehead atoms. The van der Waals surface area contributed by atoms with E-state index in [2.05, 4.69) is 4.98 Å². The Hall–Kier alpha value is -2.11. The van der Waals surface area contributed by atoms with Crippen LogP contribution in [0.5, 0.6) is 0 Å². The average Bonchev–Trinajstić information content (AvgIpc) is 2.24. The average molecular weight is 252 g/mol. The zero-order chi connectivity index (χ0) is 13.9. The molecule has 0 aliphatic heterocycles. The molecule has 0 unspecified atom stereocenters. The predicted molar refractivity (Wildman–Crippen MR) is 65.5 cm³/mol.